The highest BCUT2D eigenvalue weighted by molar-refractivity contribution is 6.10. The molecule has 0 bridgehead atoms. The first kappa shape index (κ1) is 13.0. The second-order valence-corrected chi connectivity index (χ2v) is 5.92. The Morgan fingerprint density at radius 3 is 0.958 bits per heavy atom. The van der Waals surface area contributed by atoms with Crippen molar-refractivity contribution >= 4 is 43.1 Å². The van der Waals surface area contributed by atoms with Crippen molar-refractivity contribution in [2.75, 3.05) is 0 Å². The quantitative estimate of drug-likeness (QED) is 0.326. The Morgan fingerprint density at radius 1 is 0.375 bits per heavy atom. The minimum absolute atomic E-state index is 1.04. The fourth-order valence-corrected chi connectivity index (χ4v) is 3.37. The van der Waals surface area contributed by atoms with Crippen LogP contribution in [0.15, 0.2) is 72.8 Å². The lowest BCUT2D eigenvalue weighted by Crippen LogP contribution is -1.76. The Hall–Kier alpha value is -3.48. The van der Waals surface area contributed by atoms with Crippen molar-refractivity contribution in [3.63, 3.8) is 0 Å². The Kier molecular flexibility index (Phi) is 2.72. The summed E-state index contributed by atoms with van der Waals surface area (Å²) in [6.45, 7) is 0. The lowest BCUT2D eigenvalue weighted by Gasteiger charge is -2.00. The average Bonchev–Trinajstić information content (AvgIpc) is 2.64. The van der Waals surface area contributed by atoms with Crippen LogP contribution in [-0.4, -0.2) is 0 Å². The predicted octanol–water partition coefficient (Wildman–Crippen LogP) is 6.06. The summed E-state index contributed by atoms with van der Waals surface area (Å²) in [5.41, 5.74) is 0. The van der Waals surface area contributed by atoms with E-state index >= 15 is 0 Å². The molecule has 0 aliphatic carbocycles. The highest BCUT2D eigenvalue weighted by Crippen LogP contribution is 2.25. The van der Waals surface area contributed by atoms with Crippen molar-refractivity contribution in [1.82, 2.24) is 0 Å². The van der Waals surface area contributed by atoms with Gasteiger partial charge in [-0.3, -0.25) is 0 Å². The molecule has 0 nitrogen and oxygen atoms in total. The fraction of sp³-hybridized carbons (Fsp3) is 0. The lowest BCUT2D eigenvalue weighted by molar-refractivity contribution is 1.79. The number of hydrogen-bond acceptors (Lipinski definition) is 0. The van der Waals surface area contributed by atoms with Gasteiger partial charge in [0.15, 0.2) is 0 Å². The molecule has 0 aliphatic rings. The van der Waals surface area contributed by atoms with Crippen molar-refractivity contribution in [2.45, 2.75) is 0 Å². The highest BCUT2D eigenvalue weighted by Gasteiger charge is 2.00. The molecule has 5 aromatic carbocycles. The summed E-state index contributed by atoms with van der Waals surface area (Å²) in [6.07, 6.45) is 0. The van der Waals surface area contributed by atoms with E-state index < -0.39 is 0 Å². The molecule has 0 fully saturated rings. The minimum Gasteiger partial charge on any atom is -0.0609 e. The molecule has 5 aromatic rings. The normalized spacial score (nSPS) is 10.7. The van der Waals surface area contributed by atoms with Crippen molar-refractivity contribution in [2.24, 2.45) is 0 Å². The standard InChI is InChI=1S/C24H12/c1-5-17-6-2-10-20-15-16-22-12-4-8-18-7-3-11-21(24(18)22)14-13-19(9-1)23(17)20/h1-12H. The van der Waals surface area contributed by atoms with Crippen LogP contribution in [0.25, 0.3) is 43.1 Å². The van der Waals surface area contributed by atoms with Crippen LogP contribution in [0, 0.1) is 24.3 Å². The molecule has 0 saturated heterocycles. The van der Waals surface area contributed by atoms with E-state index in [1.54, 1.807) is 0 Å². The molecule has 24 heavy (non-hydrogen) atoms. The number of rotatable bonds is 0. The summed E-state index contributed by atoms with van der Waals surface area (Å²) >= 11 is 0. The zero-order chi connectivity index (χ0) is 15.9. The van der Waals surface area contributed by atoms with E-state index in [4.69, 9.17) is 0 Å². The summed E-state index contributed by atoms with van der Waals surface area (Å²) in [7, 11) is 0. The van der Waals surface area contributed by atoms with Crippen LogP contribution < -0.4 is 0 Å². The Bertz CT molecular complexity index is 1060. The van der Waals surface area contributed by atoms with Gasteiger partial charge < -0.3 is 0 Å². The third kappa shape index (κ3) is 1.91. The molecule has 0 spiro atoms. The zero-order valence-electron chi connectivity index (χ0n) is 12.9. The molecular formula is C24H12. The van der Waals surface area contributed by atoms with Crippen LogP contribution in [0.2, 0.25) is 0 Å². The second kappa shape index (κ2) is 5.02. The molecule has 0 unspecified atom stereocenters. The third-order valence-corrected chi connectivity index (χ3v) is 4.47. The molecule has 0 radical (unpaired) electrons. The summed E-state index contributed by atoms with van der Waals surface area (Å²) in [5.74, 6) is 0. The van der Waals surface area contributed by atoms with Gasteiger partial charge in [-0.25, -0.2) is 0 Å². The van der Waals surface area contributed by atoms with E-state index in [0.29, 0.717) is 0 Å². The smallest absolute Gasteiger partial charge is 0.0340 e. The fourth-order valence-electron chi connectivity index (χ4n) is 3.37. The Morgan fingerprint density at radius 2 is 0.667 bits per heavy atom. The molecule has 0 aromatic heterocycles. The van der Waals surface area contributed by atoms with E-state index in [1.165, 1.54) is 10.8 Å². The van der Waals surface area contributed by atoms with Crippen LogP contribution in [0.1, 0.15) is 0 Å². The lowest BCUT2D eigenvalue weighted by atomic mass is 10.0. The topological polar surface area (TPSA) is 0 Å². The van der Waals surface area contributed by atoms with Crippen LogP contribution in [-0.2, 0) is 0 Å². The first-order chi connectivity index (χ1) is 11.9. The van der Waals surface area contributed by atoms with Gasteiger partial charge in [0.25, 0.3) is 0 Å². The molecule has 0 N–H and O–H groups in total. The second-order valence-electron chi connectivity index (χ2n) is 5.92. The van der Waals surface area contributed by atoms with Gasteiger partial charge in [-0.15, -0.1) is 0 Å². The molecule has 5 rings (SSSR count). The minimum atomic E-state index is 1.04. The van der Waals surface area contributed by atoms with Crippen molar-refractivity contribution < 1.29 is 0 Å². The van der Waals surface area contributed by atoms with Crippen molar-refractivity contribution in [1.29, 1.82) is 0 Å². The van der Waals surface area contributed by atoms with Gasteiger partial charge >= 0.3 is 0 Å². The van der Waals surface area contributed by atoms with E-state index in [9.17, 15) is 0 Å². The van der Waals surface area contributed by atoms with E-state index in [2.05, 4.69) is 97.1 Å². The van der Waals surface area contributed by atoms with Gasteiger partial charge in [-0.2, -0.15) is 0 Å². The van der Waals surface area contributed by atoms with E-state index in [-0.39, 0.29) is 0 Å². The number of benzene rings is 4. The average molecular weight is 300 g/mol. The van der Waals surface area contributed by atoms with Gasteiger partial charge in [0.2, 0.25) is 0 Å². The predicted molar refractivity (Wildman–Crippen MR) is 101 cm³/mol. The van der Waals surface area contributed by atoms with Crippen molar-refractivity contribution in [3.05, 3.63) is 97.1 Å². The van der Waals surface area contributed by atoms with Gasteiger partial charge in [-0.05, 0) is 35.0 Å². The largest absolute Gasteiger partial charge is 0.0609 e. The van der Waals surface area contributed by atoms with Crippen LogP contribution in [0.3, 0.4) is 0 Å². The van der Waals surface area contributed by atoms with Crippen molar-refractivity contribution in [3.8, 4) is 0 Å². The molecule has 108 valence electrons. The van der Waals surface area contributed by atoms with E-state index in [1.807, 2.05) is 0 Å². The maximum Gasteiger partial charge on any atom is 0.0340 e. The van der Waals surface area contributed by atoms with Gasteiger partial charge in [-0.1, -0.05) is 72.8 Å². The summed E-state index contributed by atoms with van der Waals surface area (Å²) in [6, 6.07) is 38.5. The monoisotopic (exact) mass is 300 g/mol. The maximum atomic E-state index is 3.38. The zero-order valence-corrected chi connectivity index (χ0v) is 12.9. The van der Waals surface area contributed by atoms with E-state index in [0.717, 1.165) is 32.3 Å². The molecular weight excluding hydrogens is 288 g/mol. The first-order valence-corrected chi connectivity index (χ1v) is 7.98. The molecule has 0 saturated carbocycles. The SMILES string of the molecule is c1c2cccc3cccc(c#cc4cccc5cccc(c#1)c45)c23. The van der Waals surface area contributed by atoms with Crippen LogP contribution in [0.4, 0.5) is 0 Å². The number of hydrogen-bond donors (Lipinski definition) is 0. The van der Waals surface area contributed by atoms with Crippen LogP contribution >= 0.6 is 0 Å². The molecule has 0 amide bonds. The summed E-state index contributed by atoms with van der Waals surface area (Å²) in [4.78, 5) is 0. The highest BCUT2D eigenvalue weighted by atomic mass is 14.0. The van der Waals surface area contributed by atoms with Crippen LogP contribution in [0.5, 0.6) is 0 Å². The van der Waals surface area contributed by atoms with Gasteiger partial charge in [0.1, 0.15) is 0 Å². The molecule has 0 atom stereocenters. The van der Waals surface area contributed by atoms with Gasteiger partial charge in [0, 0.05) is 32.3 Å². The molecule has 0 aliphatic heterocycles. The molecule has 0 heterocycles. The Balaban J connectivity index is 2.10. The third-order valence-electron chi connectivity index (χ3n) is 4.47. The maximum absolute atomic E-state index is 3.38. The summed E-state index contributed by atoms with van der Waals surface area (Å²) in [5, 5.41) is 8.80. The van der Waals surface area contributed by atoms with Gasteiger partial charge in [0.05, 0.1) is 0 Å². The Labute approximate surface area is 140 Å². The molecule has 0 heteroatoms. The first-order valence-electron chi connectivity index (χ1n) is 7.98. The summed E-state index contributed by atoms with van der Waals surface area (Å²) < 4.78 is 0.